The van der Waals surface area contributed by atoms with Crippen LogP contribution in [0.5, 0.6) is 0 Å². The zero-order chi connectivity index (χ0) is 27.2. The van der Waals surface area contributed by atoms with Crippen LogP contribution in [0, 0.1) is 13.8 Å². The maximum atomic E-state index is 13.2. The number of aliphatic carboxylic acids is 1. The van der Waals surface area contributed by atoms with Gasteiger partial charge in [-0.1, -0.05) is 0 Å². The fourth-order valence-electron chi connectivity index (χ4n) is 4.84. The number of imidazole rings is 1. The second kappa shape index (κ2) is 9.42. The number of aromatic nitrogens is 4. The number of hydrogen-bond donors (Lipinski definition) is 3. The number of nitrogens with zero attached hydrogens (tertiary/aromatic N) is 6. The first kappa shape index (κ1) is 25.7. The molecule has 0 radical (unpaired) electrons. The molecular weight excluding hydrogens is 505 g/mol. The lowest BCUT2D eigenvalue weighted by Gasteiger charge is -2.36. The van der Waals surface area contributed by atoms with E-state index < -0.39 is 12.1 Å². The molecule has 1 saturated carbocycles. The van der Waals surface area contributed by atoms with Gasteiger partial charge in [-0.05, 0) is 39.2 Å². The summed E-state index contributed by atoms with van der Waals surface area (Å²) >= 11 is 0. The first-order valence-electron chi connectivity index (χ1n) is 12.2. The van der Waals surface area contributed by atoms with Gasteiger partial charge in [0.1, 0.15) is 5.82 Å². The number of hydrogen-bond acceptors (Lipinski definition) is 7. The first-order valence-corrected chi connectivity index (χ1v) is 12.2. The Morgan fingerprint density at radius 3 is 2.58 bits per heavy atom. The smallest absolute Gasteiger partial charge is 0.475 e. The van der Waals surface area contributed by atoms with Crippen molar-refractivity contribution in [2.75, 3.05) is 41.3 Å². The van der Waals surface area contributed by atoms with Crippen molar-refractivity contribution in [2.45, 2.75) is 44.8 Å². The van der Waals surface area contributed by atoms with Crippen LogP contribution in [0.2, 0.25) is 0 Å². The lowest BCUT2D eigenvalue weighted by Crippen LogP contribution is -2.52. The molecule has 3 aromatic heterocycles. The van der Waals surface area contributed by atoms with Gasteiger partial charge in [-0.15, -0.1) is 0 Å². The summed E-state index contributed by atoms with van der Waals surface area (Å²) in [7, 11) is 0. The lowest BCUT2D eigenvalue weighted by molar-refractivity contribution is -0.192. The number of aryl methyl sites for hydroxylation is 2. The van der Waals surface area contributed by atoms with Crippen molar-refractivity contribution in [3.05, 3.63) is 41.6 Å². The van der Waals surface area contributed by atoms with E-state index in [2.05, 4.69) is 36.6 Å². The van der Waals surface area contributed by atoms with Gasteiger partial charge in [-0.25, -0.2) is 24.5 Å². The second-order valence-electron chi connectivity index (χ2n) is 9.73. The third-order valence-electron chi connectivity index (χ3n) is 6.91. The SMILES string of the molecule is Cc1cn2cc(NC(=O)N3CCc4c(N5CCNC6(CC6)C5)ccnc43)c(C)nc2n1.O=C(O)C(F)(F)F. The highest BCUT2D eigenvalue weighted by atomic mass is 19.4. The minimum atomic E-state index is -5.08. The van der Waals surface area contributed by atoms with Crippen molar-refractivity contribution in [1.82, 2.24) is 24.7 Å². The number of halogens is 3. The van der Waals surface area contributed by atoms with Crippen LogP contribution in [-0.4, -0.2) is 74.4 Å². The molecule has 3 aliphatic rings. The van der Waals surface area contributed by atoms with E-state index >= 15 is 0 Å². The van der Waals surface area contributed by atoms with E-state index in [1.807, 2.05) is 36.8 Å². The van der Waals surface area contributed by atoms with Crippen LogP contribution in [0.25, 0.3) is 5.78 Å². The quantitative estimate of drug-likeness (QED) is 0.460. The first-order chi connectivity index (χ1) is 18.0. The summed E-state index contributed by atoms with van der Waals surface area (Å²) in [6, 6.07) is 1.92. The van der Waals surface area contributed by atoms with Crippen LogP contribution in [0.15, 0.2) is 24.7 Å². The van der Waals surface area contributed by atoms with Gasteiger partial charge in [-0.2, -0.15) is 13.2 Å². The highest BCUT2D eigenvalue weighted by molar-refractivity contribution is 6.03. The molecule has 3 aromatic rings. The number of carbonyl (C=O) groups is 2. The Morgan fingerprint density at radius 1 is 1.16 bits per heavy atom. The van der Waals surface area contributed by atoms with E-state index in [-0.39, 0.29) is 6.03 Å². The van der Waals surface area contributed by atoms with E-state index in [4.69, 9.17) is 9.90 Å². The molecule has 14 heteroatoms. The van der Waals surface area contributed by atoms with Crippen molar-refractivity contribution >= 4 is 35.0 Å². The van der Waals surface area contributed by atoms with Gasteiger partial charge in [0.25, 0.3) is 0 Å². The molecule has 2 amide bonds. The minimum Gasteiger partial charge on any atom is -0.475 e. The maximum absolute atomic E-state index is 13.2. The number of fused-ring (bicyclic) bond motifs is 2. The fraction of sp³-hybridized carbons (Fsp3) is 0.458. The molecule has 0 aromatic carbocycles. The number of rotatable bonds is 2. The molecule has 0 bridgehead atoms. The number of amides is 2. The van der Waals surface area contributed by atoms with Crippen LogP contribution in [-0.2, 0) is 11.2 Å². The molecule has 202 valence electrons. The minimum absolute atomic E-state index is 0.177. The Labute approximate surface area is 215 Å². The summed E-state index contributed by atoms with van der Waals surface area (Å²) in [5.74, 6) is -1.36. The number of nitrogens with one attached hydrogen (secondary N) is 2. The summed E-state index contributed by atoms with van der Waals surface area (Å²) in [5.41, 5.74) is 5.01. The number of alkyl halides is 3. The zero-order valence-corrected chi connectivity index (χ0v) is 20.8. The number of pyridine rings is 1. The van der Waals surface area contributed by atoms with Crippen molar-refractivity contribution in [2.24, 2.45) is 0 Å². The second-order valence-corrected chi connectivity index (χ2v) is 9.73. The highest BCUT2D eigenvalue weighted by Crippen LogP contribution is 2.41. The number of anilines is 3. The predicted molar refractivity (Wildman–Crippen MR) is 133 cm³/mol. The Hall–Kier alpha value is -3.94. The molecule has 0 atom stereocenters. The van der Waals surface area contributed by atoms with Crippen molar-refractivity contribution < 1.29 is 27.9 Å². The molecule has 3 N–H and O–H groups in total. The zero-order valence-electron chi connectivity index (χ0n) is 20.8. The van der Waals surface area contributed by atoms with E-state index in [1.54, 1.807) is 4.90 Å². The van der Waals surface area contributed by atoms with E-state index in [1.165, 1.54) is 24.1 Å². The molecule has 38 heavy (non-hydrogen) atoms. The van der Waals surface area contributed by atoms with Crippen LogP contribution < -0.4 is 20.4 Å². The number of carbonyl (C=O) groups excluding carboxylic acids is 1. The van der Waals surface area contributed by atoms with E-state index in [0.29, 0.717) is 23.5 Å². The van der Waals surface area contributed by atoms with Gasteiger partial charge in [0.05, 0.1) is 17.1 Å². The molecule has 1 spiro atoms. The normalized spacial score (nSPS) is 17.7. The summed E-state index contributed by atoms with van der Waals surface area (Å²) in [6.45, 7) is 7.46. The summed E-state index contributed by atoms with van der Waals surface area (Å²) in [6.07, 6.45) is 3.83. The van der Waals surface area contributed by atoms with Gasteiger partial charge >= 0.3 is 18.2 Å². The van der Waals surface area contributed by atoms with Gasteiger partial charge in [0.2, 0.25) is 5.78 Å². The molecule has 11 nitrogen and oxygen atoms in total. The average Bonchev–Trinajstić information content (AvgIpc) is 3.28. The summed E-state index contributed by atoms with van der Waals surface area (Å²) < 4.78 is 33.6. The van der Waals surface area contributed by atoms with E-state index in [0.717, 1.165) is 43.3 Å². The molecule has 2 fully saturated rings. The van der Waals surface area contributed by atoms with Crippen molar-refractivity contribution in [1.29, 1.82) is 0 Å². The van der Waals surface area contributed by atoms with Crippen molar-refractivity contribution in [3.8, 4) is 0 Å². The molecule has 6 rings (SSSR count). The average molecular weight is 533 g/mol. The third kappa shape index (κ3) is 5.08. The monoisotopic (exact) mass is 532 g/mol. The topological polar surface area (TPSA) is 128 Å². The fourth-order valence-corrected chi connectivity index (χ4v) is 4.84. The number of carboxylic acid groups (broad SMARTS) is 1. The van der Waals surface area contributed by atoms with Crippen LogP contribution in [0.3, 0.4) is 0 Å². The van der Waals surface area contributed by atoms with Gasteiger partial charge < -0.3 is 20.6 Å². The highest BCUT2D eigenvalue weighted by Gasteiger charge is 2.46. The number of urea groups is 1. The summed E-state index contributed by atoms with van der Waals surface area (Å²) in [4.78, 5) is 39.7. The Kier molecular flexibility index (Phi) is 6.37. The van der Waals surface area contributed by atoms with Gasteiger partial charge in [-0.3, -0.25) is 9.30 Å². The Morgan fingerprint density at radius 2 is 1.89 bits per heavy atom. The lowest BCUT2D eigenvalue weighted by atomic mass is 10.1. The Bertz CT molecular complexity index is 1400. The standard InChI is InChI=1S/C22H26N8O.C2HF3O2/c1-14-11-29-12-17(15(2)26-20(29)25-14)27-21(31)30-9-4-16-18(3-7-23-19(16)30)28-10-8-24-22(13-28)5-6-22;3-2(4,5)1(6)7/h3,7,11-12,24H,4-6,8-10,13H2,1-2H3,(H,27,31);(H,6,7). The molecule has 5 heterocycles. The van der Waals surface area contributed by atoms with Gasteiger partial charge in [0, 0.05) is 61.6 Å². The third-order valence-corrected chi connectivity index (χ3v) is 6.91. The number of piperazine rings is 1. The number of carboxylic acids is 1. The molecule has 2 aliphatic heterocycles. The van der Waals surface area contributed by atoms with Gasteiger partial charge in [0.15, 0.2) is 0 Å². The summed E-state index contributed by atoms with van der Waals surface area (Å²) in [5, 5.41) is 13.8. The molecule has 0 unspecified atom stereocenters. The van der Waals surface area contributed by atoms with Crippen molar-refractivity contribution in [3.63, 3.8) is 0 Å². The molecule has 1 saturated heterocycles. The van der Waals surface area contributed by atoms with Crippen LogP contribution in [0.4, 0.5) is 35.2 Å². The molecular formula is C24H27F3N8O3. The Balaban J connectivity index is 0.000000374. The largest absolute Gasteiger partial charge is 0.490 e. The molecule has 1 aliphatic carbocycles. The van der Waals surface area contributed by atoms with Crippen LogP contribution >= 0.6 is 0 Å². The van der Waals surface area contributed by atoms with Crippen LogP contribution in [0.1, 0.15) is 29.8 Å². The predicted octanol–water partition coefficient (Wildman–Crippen LogP) is 2.91. The van der Waals surface area contributed by atoms with E-state index in [9.17, 15) is 18.0 Å². The maximum Gasteiger partial charge on any atom is 0.490 e.